The lowest BCUT2D eigenvalue weighted by molar-refractivity contribution is -0.119. The first-order valence-corrected chi connectivity index (χ1v) is 8.94. The van der Waals surface area contributed by atoms with Gasteiger partial charge < -0.3 is 15.0 Å². The highest BCUT2D eigenvalue weighted by molar-refractivity contribution is 7.09. The minimum absolute atomic E-state index is 0.0675. The average molecular weight is 386 g/mol. The average Bonchev–Trinajstić information content (AvgIpc) is 3.17. The van der Waals surface area contributed by atoms with Crippen LogP contribution in [-0.2, 0) is 6.54 Å². The third kappa shape index (κ3) is 3.67. The number of H-pyrrole nitrogens is 1. The van der Waals surface area contributed by atoms with Gasteiger partial charge in [-0.25, -0.2) is 8.78 Å². The van der Waals surface area contributed by atoms with Crippen molar-refractivity contribution < 1.29 is 13.5 Å². The lowest BCUT2D eigenvalue weighted by Gasteiger charge is -2.34. The van der Waals surface area contributed by atoms with Gasteiger partial charge in [0.2, 0.25) is 11.2 Å². The smallest absolute Gasteiger partial charge is 0.296 e. The normalized spacial score (nSPS) is 16.8. The number of hydrogen-bond donors (Lipinski definition) is 2. The molecule has 0 aromatic carbocycles. The Kier molecular flexibility index (Phi) is 4.20. The van der Waals surface area contributed by atoms with Crippen molar-refractivity contribution in [3.63, 3.8) is 0 Å². The van der Waals surface area contributed by atoms with Crippen LogP contribution in [0.15, 0.2) is 17.5 Å². The van der Waals surface area contributed by atoms with Crippen molar-refractivity contribution in [3.05, 3.63) is 27.7 Å². The van der Waals surface area contributed by atoms with Gasteiger partial charge in [0.05, 0.1) is 13.2 Å². The maximum absolute atomic E-state index is 12.9. The number of fused-ring (bicyclic) bond motifs is 1. The number of aromatic amines is 1. The standard InChI is InChI=1S/C15H14ClF2N5OS/c16-13-21-11(19-6-9-2-1-3-25-9)10-12(22-13)23-14(20-10)24-7-8-4-15(17,18)5-8/h1-3,8H,4-7H2,(H2,19,20,21,22,23). The van der Waals surface area contributed by atoms with Gasteiger partial charge in [-0.15, -0.1) is 11.3 Å². The largest absolute Gasteiger partial charge is 0.464 e. The summed E-state index contributed by atoms with van der Waals surface area (Å²) in [6.45, 7) is 0.779. The molecular weight excluding hydrogens is 372 g/mol. The molecule has 0 spiro atoms. The molecule has 0 aliphatic heterocycles. The zero-order valence-electron chi connectivity index (χ0n) is 12.9. The van der Waals surface area contributed by atoms with E-state index in [1.807, 2.05) is 17.5 Å². The SMILES string of the molecule is FC1(F)CC(COc2nc3nc(Cl)nc(NCc4cccs4)c3[nH]2)C1. The van der Waals surface area contributed by atoms with E-state index in [4.69, 9.17) is 16.3 Å². The second-order valence-electron chi connectivity index (χ2n) is 5.96. The maximum atomic E-state index is 12.9. The number of ether oxygens (including phenoxy) is 1. The zero-order valence-corrected chi connectivity index (χ0v) is 14.5. The lowest BCUT2D eigenvalue weighted by Crippen LogP contribution is -2.38. The van der Waals surface area contributed by atoms with E-state index in [-0.39, 0.29) is 36.7 Å². The Balaban J connectivity index is 1.48. The fraction of sp³-hybridized carbons (Fsp3) is 0.400. The summed E-state index contributed by atoms with van der Waals surface area (Å²) in [5, 5.41) is 5.25. The van der Waals surface area contributed by atoms with Crippen LogP contribution < -0.4 is 10.1 Å². The fourth-order valence-electron chi connectivity index (χ4n) is 2.73. The first-order valence-electron chi connectivity index (χ1n) is 7.69. The monoisotopic (exact) mass is 385 g/mol. The Labute approximate surface area is 150 Å². The van der Waals surface area contributed by atoms with Gasteiger partial charge in [-0.2, -0.15) is 15.0 Å². The van der Waals surface area contributed by atoms with E-state index in [2.05, 4.69) is 25.3 Å². The molecule has 0 amide bonds. The fourth-order valence-corrected chi connectivity index (χ4v) is 3.54. The molecule has 0 bridgehead atoms. The van der Waals surface area contributed by atoms with Gasteiger partial charge in [0.1, 0.15) is 5.52 Å². The van der Waals surface area contributed by atoms with Gasteiger partial charge in [0, 0.05) is 23.6 Å². The van der Waals surface area contributed by atoms with E-state index >= 15 is 0 Å². The quantitative estimate of drug-likeness (QED) is 0.625. The maximum Gasteiger partial charge on any atom is 0.296 e. The van der Waals surface area contributed by atoms with Crippen LogP contribution in [-0.4, -0.2) is 32.5 Å². The molecule has 4 rings (SSSR count). The number of anilines is 1. The van der Waals surface area contributed by atoms with Crippen molar-refractivity contribution in [2.75, 3.05) is 11.9 Å². The Bertz CT molecular complexity index is 878. The summed E-state index contributed by atoms with van der Waals surface area (Å²) in [6.07, 6.45) is -0.293. The van der Waals surface area contributed by atoms with Crippen LogP contribution in [0.25, 0.3) is 11.2 Å². The molecule has 3 aromatic rings. The Hall–Kier alpha value is -2.00. The number of alkyl halides is 2. The Morgan fingerprint density at radius 2 is 2.20 bits per heavy atom. The zero-order chi connectivity index (χ0) is 17.4. The highest BCUT2D eigenvalue weighted by Gasteiger charge is 2.45. The molecule has 10 heteroatoms. The van der Waals surface area contributed by atoms with Crippen molar-refractivity contribution in [2.45, 2.75) is 25.3 Å². The second-order valence-corrected chi connectivity index (χ2v) is 7.33. The molecule has 0 saturated heterocycles. The molecule has 25 heavy (non-hydrogen) atoms. The van der Waals surface area contributed by atoms with E-state index in [1.54, 1.807) is 11.3 Å². The van der Waals surface area contributed by atoms with Crippen molar-refractivity contribution in [2.24, 2.45) is 5.92 Å². The van der Waals surface area contributed by atoms with Gasteiger partial charge >= 0.3 is 0 Å². The van der Waals surface area contributed by atoms with Gasteiger partial charge in [-0.05, 0) is 23.0 Å². The van der Waals surface area contributed by atoms with Crippen molar-refractivity contribution in [3.8, 4) is 6.01 Å². The summed E-state index contributed by atoms with van der Waals surface area (Å²) in [5.74, 6) is -2.20. The third-order valence-electron chi connectivity index (χ3n) is 3.94. The van der Waals surface area contributed by atoms with E-state index in [0.29, 0.717) is 23.5 Å². The van der Waals surface area contributed by atoms with Crippen molar-refractivity contribution in [1.82, 2.24) is 19.9 Å². The number of hydrogen-bond acceptors (Lipinski definition) is 6. The van der Waals surface area contributed by atoms with Gasteiger partial charge in [0.15, 0.2) is 11.5 Å². The van der Waals surface area contributed by atoms with E-state index in [0.717, 1.165) is 4.88 Å². The van der Waals surface area contributed by atoms with Gasteiger partial charge in [0.25, 0.3) is 6.01 Å². The van der Waals surface area contributed by atoms with Crippen molar-refractivity contribution >= 4 is 39.9 Å². The first-order chi connectivity index (χ1) is 12.0. The van der Waals surface area contributed by atoms with Crippen LogP contribution in [0.4, 0.5) is 14.6 Å². The van der Waals surface area contributed by atoms with E-state index in [1.165, 1.54) is 0 Å². The minimum Gasteiger partial charge on any atom is -0.464 e. The van der Waals surface area contributed by atoms with Crippen LogP contribution in [0.3, 0.4) is 0 Å². The topological polar surface area (TPSA) is 75.7 Å². The number of thiophene rings is 1. The second kappa shape index (κ2) is 6.38. The van der Waals surface area contributed by atoms with Crippen LogP contribution >= 0.6 is 22.9 Å². The van der Waals surface area contributed by atoms with Crippen molar-refractivity contribution in [1.29, 1.82) is 0 Å². The predicted octanol–water partition coefficient (Wildman–Crippen LogP) is 4.10. The van der Waals surface area contributed by atoms with E-state index < -0.39 is 5.92 Å². The van der Waals surface area contributed by atoms with Crippen LogP contribution in [0, 0.1) is 5.92 Å². The number of aromatic nitrogens is 4. The number of nitrogens with one attached hydrogen (secondary N) is 2. The third-order valence-corrected chi connectivity index (χ3v) is 4.99. The highest BCUT2D eigenvalue weighted by atomic mass is 35.5. The molecule has 1 aliphatic rings. The van der Waals surface area contributed by atoms with Gasteiger partial charge in [-0.3, -0.25) is 0 Å². The van der Waals surface area contributed by atoms with Crippen LogP contribution in [0.1, 0.15) is 17.7 Å². The summed E-state index contributed by atoms with van der Waals surface area (Å²) in [4.78, 5) is 16.6. The molecule has 132 valence electrons. The van der Waals surface area contributed by atoms with E-state index in [9.17, 15) is 8.78 Å². The number of imidazole rings is 1. The molecular formula is C15H14ClF2N5OS. The summed E-state index contributed by atoms with van der Waals surface area (Å²) < 4.78 is 31.2. The molecule has 3 heterocycles. The predicted molar refractivity (Wildman–Crippen MR) is 91.5 cm³/mol. The number of halogens is 3. The number of rotatable bonds is 6. The van der Waals surface area contributed by atoms with Crippen LogP contribution in [0.2, 0.25) is 5.28 Å². The molecule has 0 radical (unpaired) electrons. The molecule has 3 aromatic heterocycles. The number of nitrogens with zero attached hydrogens (tertiary/aromatic N) is 3. The van der Waals surface area contributed by atoms with Crippen LogP contribution in [0.5, 0.6) is 6.01 Å². The Morgan fingerprint density at radius 1 is 1.36 bits per heavy atom. The Morgan fingerprint density at radius 3 is 2.92 bits per heavy atom. The summed E-state index contributed by atoms with van der Waals surface area (Å²) in [6, 6.07) is 4.20. The summed E-state index contributed by atoms with van der Waals surface area (Å²) >= 11 is 7.57. The molecule has 2 N–H and O–H groups in total. The summed E-state index contributed by atoms with van der Waals surface area (Å²) in [5.41, 5.74) is 0.928. The molecule has 0 atom stereocenters. The molecule has 0 unspecified atom stereocenters. The lowest BCUT2D eigenvalue weighted by atomic mass is 9.82. The molecule has 1 fully saturated rings. The highest BCUT2D eigenvalue weighted by Crippen LogP contribution is 2.42. The summed E-state index contributed by atoms with van der Waals surface area (Å²) in [7, 11) is 0. The minimum atomic E-state index is -2.56. The molecule has 1 saturated carbocycles. The molecule has 6 nitrogen and oxygen atoms in total. The molecule has 1 aliphatic carbocycles. The van der Waals surface area contributed by atoms with Gasteiger partial charge in [-0.1, -0.05) is 6.07 Å². The first kappa shape index (κ1) is 16.5.